The van der Waals surface area contributed by atoms with Gasteiger partial charge in [-0.2, -0.15) is 4.98 Å². The fourth-order valence-corrected chi connectivity index (χ4v) is 6.61. The third kappa shape index (κ3) is 3.83. The molecule has 0 saturated carbocycles. The Bertz CT molecular complexity index is 1270. The van der Waals surface area contributed by atoms with Crippen LogP contribution in [0, 0.1) is 0 Å². The molecule has 178 valence electrons. The maximum Gasteiger partial charge on any atom is 0.227 e. The molecule has 9 nitrogen and oxygen atoms in total. The van der Waals surface area contributed by atoms with Crippen LogP contribution in [0.25, 0.3) is 11.0 Å². The van der Waals surface area contributed by atoms with E-state index in [0.29, 0.717) is 42.8 Å². The molecule has 1 aromatic carbocycles. The summed E-state index contributed by atoms with van der Waals surface area (Å²) in [4.78, 5) is 26.3. The summed E-state index contributed by atoms with van der Waals surface area (Å²) in [5.74, 6) is 2.47. The molecule has 0 bridgehead atoms. The van der Waals surface area contributed by atoms with Crippen molar-refractivity contribution in [2.75, 3.05) is 42.7 Å². The van der Waals surface area contributed by atoms with Crippen molar-refractivity contribution in [1.29, 1.82) is 0 Å². The SMILES string of the molecule is CN1C[C@@H](Nc2nc(N3CCC(c4noc5ccccc45)CC3)nc3c2S(=O)CC3)CCC1=O. The van der Waals surface area contributed by atoms with Crippen molar-refractivity contribution in [3.63, 3.8) is 0 Å². The lowest BCUT2D eigenvalue weighted by atomic mass is 9.92. The number of anilines is 2. The molecule has 34 heavy (non-hydrogen) atoms. The highest BCUT2D eigenvalue weighted by Gasteiger charge is 2.32. The summed E-state index contributed by atoms with van der Waals surface area (Å²) >= 11 is 0. The third-order valence-corrected chi connectivity index (χ3v) is 8.67. The van der Waals surface area contributed by atoms with Gasteiger partial charge in [0.2, 0.25) is 11.9 Å². The fraction of sp³-hybridized carbons (Fsp3) is 0.500. The molecule has 0 radical (unpaired) electrons. The molecule has 1 unspecified atom stereocenters. The molecular formula is C24H28N6O3S. The second kappa shape index (κ2) is 8.65. The van der Waals surface area contributed by atoms with E-state index in [1.54, 1.807) is 4.90 Å². The summed E-state index contributed by atoms with van der Waals surface area (Å²) in [7, 11) is 0.738. The van der Waals surface area contributed by atoms with Gasteiger partial charge in [0.25, 0.3) is 0 Å². The molecule has 1 N–H and O–H groups in total. The van der Waals surface area contributed by atoms with Crippen LogP contribution < -0.4 is 10.2 Å². The molecule has 10 heteroatoms. The molecule has 2 aromatic heterocycles. The molecule has 2 atom stereocenters. The van der Waals surface area contributed by atoms with Crippen molar-refractivity contribution in [1.82, 2.24) is 20.0 Å². The van der Waals surface area contributed by atoms with Gasteiger partial charge in [0.15, 0.2) is 5.58 Å². The zero-order valence-electron chi connectivity index (χ0n) is 19.2. The first kappa shape index (κ1) is 21.5. The van der Waals surface area contributed by atoms with Crippen molar-refractivity contribution >= 4 is 39.4 Å². The predicted octanol–water partition coefficient (Wildman–Crippen LogP) is 2.70. The number of aryl methyl sites for hydroxylation is 1. The summed E-state index contributed by atoms with van der Waals surface area (Å²) in [5.41, 5.74) is 2.76. The monoisotopic (exact) mass is 480 g/mol. The minimum atomic E-state index is -1.09. The molecule has 3 aromatic rings. The highest BCUT2D eigenvalue weighted by Crippen LogP contribution is 2.35. The van der Waals surface area contributed by atoms with Gasteiger partial charge in [-0.05, 0) is 31.4 Å². The average Bonchev–Trinajstić information content (AvgIpc) is 3.45. The number of likely N-dealkylation sites (N-methyl/N-ethyl adjacent to an activating group) is 1. The number of piperidine rings is 2. The van der Waals surface area contributed by atoms with Crippen LogP contribution in [0.5, 0.6) is 0 Å². The van der Waals surface area contributed by atoms with Gasteiger partial charge in [-0.1, -0.05) is 17.3 Å². The minimum absolute atomic E-state index is 0.0957. The molecule has 6 rings (SSSR count). The average molecular weight is 481 g/mol. The second-order valence-electron chi connectivity index (χ2n) is 9.43. The van der Waals surface area contributed by atoms with Gasteiger partial charge in [-0.25, -0.2) is 4.98 Å². The molecule has 1 amide bonds. The summed E-state index contributed by atoms with van der Waals surface area (Å²) in [6.45, 7) is 2.28. The summed E-state index contributed by atoms with van der Waals surface area (Å²) in [6.07, 6.45) is 3.86. The van der Waals surface area contributed by atoms with Crippen molar-refractivity contribution in [3.05, 3.63) is 35.7 Å². The lowest BCUT2D eigenvalue weighted by molar-refractivity contribution is -0.132. The number of hydrogen-bond acceptors (Lipinski definition) is 8. The largest absolute Gasteiger partial charge is 0.364 e. The first-order valence-electron chi connectivity index (χ1n) is 12.0. The number of hydrogen-bond donors (Lipinski definition) is 1. The Morgan fingerprint density at radius 3 is 2.76 bits per heavy atom. The molecule has 5 heterocycles. The number of rotatable bonds is 4. The number of carbonyl (C=O) groups excluding carboxylic acids is 1. The number of benzene rings is 1. The molecule has 3 aliphatic rings. The first-order chi connectivity index (χ1) is 16.6. The minimum Gasteiger partial charge on any atom is -0.364 e. The molecule has 2 saturated heterocycles. The van der Waals surface area contributed by atoms with Crippen LogP contribution in [0.15, 0.2) is 33.7 Å². The molecule has 3 aliphatic heterocycles. The van der Waals surface area contributed by atoms with Crippen molar-refractivity contribution < 1.29 is 13.5 Å². The topological polar surface area (TPSA) is 104 Å². The van der Waals surface area contributed by atoms with E-state index < -0.39 is 10.8 Å². The quantitative estimate of drug-likeness (QED) is 0.608. The third-order valence-electron chi connectivity index (χ3n) is 7.21. The highest BCUT2D eigenvalue weighted by atomic mass is 32.2. The Balaban J connectivity index is 1.22. The van der Waals surface area contributed by atoms with E-state index in [-0.39, 0.29) is 11.9 Å². The van der Waals surface area contributed by atoms with Gasteiger partial charge < -0.3 is 19.6 Å². The van der Waals surface area contributed by atoms with E-state index in [4.69, 9.17) is 14.5 Å². The summed E-state index contributed by atoms with van der Waals surface area (Å²) < 4.78 is 18.2. The van der Waals surface area contributed by atoms with Crippen molar-refractivity contribution in [3.8, 4) is 0 Å². The lowest BCUT2D eigenvalue weighted by Gasteiger charge is -2.33. The molecule has 0 aliphatic carbocycles. The van der Waals surface area contributed by atoms with Crippen LogP contribution in [-0.4, -0.2) is 68.6 Å². The Morgan fingerprint density at radius 2 is 1.94 bits per heavy atom. The van der Waals surface area contributed by atoms with Gasteiger partial charge >= 0.3 is 0 Å². The molecule has 2 fully saturated rings. The standard InChI is InChI=1S/C24H28N6O3S/c1-29-14-16(6-7-20(29)31)25-23-22-18(10-13-34(22)32)26-24(27-23)30-11-8-15(9-12-30)21-17-4-2-3-5-19(17)33-28-21/h2-5,15-16H,6-14H2,1H3,(H,25,26,27)/t16-,34?/m0/s1. The van der Waals surface area contributed by atoms with Crippen LogP contribution in [0.3, 0.4) is 0 Å². The Labute approximate surface area is 200 Å². The summed E-state index contributed by atoms with van der Waals surface area (Å²) in [5, 5.41) is 8.97. The number of nitrogens with zero attached hydrogens (tertiary/aromatic N) is 5. The van der Waals surface area contributed by atoms with E-state index in [9.17, 15) is 9.00 Å². The maximum atomic E-state index is 12.7. The number of para-hydroxylation sites is 1. The first-order valence-corrected chi connectivity index (χ1v) is 13.3. The van der Waals surface area contributed by atoms with Crippen molar-refractivity contribution in [2.24, 2.45) is 0 Å². The Morgan fingerprint density at radius 1 is 1.12 bits per heavy atom. The van der Waals surface area contributed by atoms with E-state index in [1.807, 2.05) is 25.2 Å². The van der Waals surface area contributed by atoms with E-state index in [2.05, 4.69) is 21.4 Å². The van der Waals surface area contributed by atoms with Gasteiger partial charge in [0, 0.05) is 62.6 Å². The Hall–Kier alpha value is -3.01. The number of carbonyl (C=O) groups is 1. The smallest absolute Gasteiger partial charge is 0.227 e. The van der Waals surface area contributed by atoms with E-state index in [0.717, 1.165) is 59.6 Å². The number of aromatic nitrogens is 3. The van der Waals surface area contributed by atoms with Gasteiger partial charge in [0.1, 0.15) is 10.7 Å². The zero-order valence-corrected chi connectivity index (χ0v) is 20.0. The molecular weight excluding hydrogens is 452 g/mol. The number of amides is 1. The zero-order chi connectivity index (χ0) is 23.2. The number of nitrogens with one attached hydrogen (secondary N) is 1. The van der Waals surface area contributed by atoms with Crippen LogP contribution in [0.4, 0.5) is 11.8 Å². The van der Waals surface area contributed by atoms with Crippen LogP contribution in [-0.2, 0) is 22.0 Å². The van der Waals surface area contributed by atoms with Gasteiger partial charge in [-0.3, -0.25) is 9.00 Å². The normalized spacial score (nSPS) is 23.5. The van der Waals surface area contributed by atoms with Crippen LogP contribution in [0.2, 0.25) is 0 Å². The summed E-state index contributed by atoms with van der Waals surface area (Å²) in [6, 6.07) is 8.11. The fourth-order valence-electron chi connectivity index (χ4n) is 5.30. The van der Waals surface area contributed by atoms with Crippen molar-refractivity contribution in [2.45, 2.75) is 49.0 Å². The Kier molecular flexibility index (Phi) is 5.47. The van der Waals surface area contributed by atoms with Gasteiger partial charge in [0.05, 0.1) is 22.2 Å². The molecule has 0 spiro atoms. The van der Waals surface area contributed by atoms with Crippen LogP contribution in [0.1, 0.15) is 43.0 Å². The van der Waals surface area contributed by atoms with E-state index >= 15 is 0 Å². The maximum absolute atomic E-state index is 12.7. The number of fused-ring (bicyclic) bond motifs is 2. The van der Waals surface area contributed by atoms with E-state index in [1.165, 1.54) is 0 Å². The number of likely N-dealkylation sites (tertiary alicyclic amines) is 1. The predicted molar refractivity (Wildman–Crippen MR) is 129 cm³/mol. The van der Waals surface area contributed by atoms with Gasteiger partial charge in [-0.15, -0.1) is 0 Å². The lowest BCUT2D eigenvalue weighted by Crippen LogP contribution is -2.43. The highest BCUT2D eigenvalue weighted by molar-refractivity contribution is 7.85. The second-order valence-corrected chi connectivity index (χ2v) is 10.9. The van der Waals surface area contributed by atoms with Crippen LogP contribution >= 0.6 is 0 Å².